The van der Waals surface area contributed by atoms with Gasteiger partial charge in [-0.3, -0.25) is 0 Å². The minimum Gasteiger partial charge on any atom is -0.148 e. The largest absolute Gasteiger partial charge is 0.148 e. The van der Waals surface area contributed by atoms with E-state index in [1.165, 1.54) is 9.35 Å². The molecule has 0 saturated heterocycles. The van der Waals surface area contributed by atoms with E-state index in [-0.39, 0.29) is 5.38 Å². The van der Waals surface area contributed by atoms with Crippen LogP contribution in [0.2, 0.25) is 0 Å². The maximum Gasteiger partial charge on any atom is 0.0336 e. The predicted octanol–water partition coefficient (Wildman–Crippen LogP) is 4.32. The van der Waals surface area contributed by atoms with Crippen LogP contribution in [0.3, 0.4) is 0 Å². The molecule has 0 bridgehead atoms. The monoisotopic (exact) mass is 266 g/mol. The minimum atomic E-state index is 0.255. The molecule has 0 saturated carbocycles. The number of hydrogen-bond acceptors (Lipinski definition) is 1. The van der Waals surface area contributed by atoms with E-state index < -0.39 is 0 Å². The summed E-state index contributed by atoms with van der Waals surface area (Å²) in [5.74, 6) is 0.553. The van der Waals surface area contributed by atoms with E-state index in [2.05, 4.69) is 41.2 Å². The van der Waals surface area contributed by atoms with Crippen LogP contribution in [-0.4, -0.2) is 5.38 Å². The summed E-state index contributed by atoms with van der Waals surface area (Å²) in [5, 5.41) is 2.37. The minimum absolute atomic E-state index is 0.255. The molecule has 2 unspecified atom stereocenters. The van der Waals surface area contributed by atoms with E-state index in [1.807, 2.05) is 0 Å². The first kappa shape index (κ1) is 10.6. The molecular formula is C9H12BrClS. The molecule has 0 amide bonds. The number of rotatable bonds is 3. The maximum absolute atomic E-state index is 5.98. The third-order valence-electron chi connectivity index (χ3n) is 1.93. The van der Waals surface area contributed by atoms with Crippen molar-refractivity contribution in [3.05, 3.63) is 20.8 Å². The highest BCUT2D eigenvalue weighted by Crippen LogP contribution is 2.24. The number of alkyl halides is 1. The molecule has 0 aromatic carbocycles. The molecule has 3 heteroatoms. The summed E-state index contributed by atoms with van der Waals surface area (Å²) in [5.41, 5.74) is 0. The zero-order valence-corrected chi connectivity index (χ0v) is 10.3. The van der Waals surface area contributed by atoms with Crippen LogP contribution in [0, 0.1) is 5.92 Å². The Kier molecular flexibility index (Phi) is 4.08. The molecule has 0 aliphatic carbocycles. The summed E-state index contributed by atoms with van der Waals surface area (Å²) >= 11 is 11.2. The van der Waals surface area contributed by atoms with Crippen molar-refractivity contribution in [3.63, 3.8) is 0 Å². The van der Waals surface area contributed by atoms with Gasteiger partial charge in [0, 0.05) is 20.1 Å². The highest BCUT2D eigenvalue weighted by molar-refractivity contribution is 9.10. The maximum atomic E-state index is 5.98. The van der Waals surface area contributed by atoms with Gasteiger partial charge >= 0.3 is 0 Å². The van der Waals surface area contributed by atoms with Crippen LogP contribution in [0.4, 0.5) is 0 Å². The fourth-order valence-corrected chi connectivity index (χ4v) is 2.62. The highest BCUT2D eigenvalue weighted by Gasteiger charge is 2.10. The van der Waals surface area contributed by atoms with E-state index in [1.54, 1.807) is 11.3 Å². The van der Waals surface area contributed by atoms with Crippen molar-refractivity contribution >= 4 is 38.9 Å². The molecule has 0 fully saturated rings. The molecule has 1 aromatic rings. The average Bonchev–Trinajstić information content (AvgIpc) is 2.35. The summed E-state index contributed by atoms with van der Waals surface area (Å²) in [6.45, 7) is 4.24. The molecule has 1 aromatic heterocycles. The van der Waals surface area contributed by atoms with E-state index in [0.29, 0.717) is 5.92 Å². The van der Waals surface area contributed by atoms with E-state index in [0.717, 1.165) is 6.42 Å². The summed E-state index contributed by atoms with van der Waals surface area (Å²) in [6, 6.07) is 2.17. The van der Waals surface area contributed by atoms with Gasteiger partial charge in [-0.2, -0.15) is 0 Å². The van der Waals surface area contributed by atoms with E-state index >= 15 is 0 Å². The fraction of sp³-hybridized carbons (Fsp3) is 0.556. The van der Waals surface area contributed by atoms with Gasteiger partial charge in [-0.05, 0) is 41.3 Å². The Morgan fingerprint density at radius 1 is 1.58 bits per heavy atom. The lowest BCUT2D eigenvalue weighted by molar-refractivity contribution is 0.573. The molecule has 12 heavy (non-hydrogen) atoms. The molecule has 1 rings (SSSR count). The van der Waals surface area contributed by atoms with Crippen LogP contribution >= 0.6 is 38.9 Å². The molecule has 2 atom stereocenters. The van der Waals surface area contributed by atoms with Crippen molar-refractivity contribution < 1.29 is 0 Å². The highest BCUT2D eigenvalue weighted by atomic mass is 79.9. The standard InChI is InChI=1S/C9H12BrClS/c1-6(7(2)11)3-9-4-8(10)5-12-9/h4-7H,3H2,1-2H3. The second-order valence-corrected chi connectivity index (χ2v) is 5.69. The molecule has 0 nitrogen and oxygen atoms in total. The Morgan fingerprint density at radius 2 is 2.25 bits per heavy atom. The fourth-order valence-electron chi connectivity index (χ4n) is 0.941. The Bertz CT molecular complexity index is 244. The lowest BCUT2D eigenvalue weighted by Gasteiger charge is -2.11. The first-order chi connectivity index (χ1) is 5.59. The lowest BCUT2D eigenvalue weighted by atomic mass is 10.0. The van der Waals surface area contributed by atoms with E-state index in [4.69, 9.17) is 11.6 Å². The van der Waals surface area contributed by atoms with Gasteiger partial charge in [0.25, 0.3) is 0 Å². The number of hydrogen-bond donors (Lipinski definition) is 0. The number of thiophene rings is 1. The van der Waals surface area contributed by atoms with Crippen molar-refractivity contribution in [2.75, 3.05) is 0 Å². The summed E-state index contributed by atoms with van der Waals surface area (Å²) in [6.07, 6.45) is 1.08. The van der Waals surface area contributed by atoms with Gasteiger partial charge in [0.05, 0.1) is 0 Å². The van der Waals surface area contributed by atoms with Crippen LogP contribution in [0.5, 0.6) is 0 Å². The second-order valence-electron chi connectivity index (χ2n) is 3.09. The van der Waals surface area contributed by atoms with Crippen LogP contribution in [0.1, 0.15) is 18.7 Å². The smallest absolute Gasteiger partial charge is 0.0336 e. The molecule has 0 aliphatic heterocycles. The summed E-state index contributed by atoms with van der Waals surface area (Å²) in [7, 11) is 0. The molecule has 1 heterocycles. The van der Waals surface area contributed by atoms with Crippen LogP contribution in [0.15, 0.2) is 15.9 Å². The Hall–Kier alpha value is 0.470. The summed E-state index contributed by atoms with van der Waals surface area (Å²) < 4.78 is 1.18. The van der Waals surface area contributed by atoms with Crippen LogP contribution in [0.25, 0.3) is 0 Å². The van der Waals surface area contributed by atoms with Gasteiger partial charge in [0.1, 0.15) is 0 Å². The number of halogens is 2. The topological polar surface area (TPSA) is 0 Å². The van der Waals surface area contributed by atoms with Crippen molar-refractivity contribution in [2.45, 2.75) is 25.6 Å². The van der Waals surface area contributed by atoms with Gasteiger partial charge in [-0.1, -0.05) is 6.92 Å². The molecule has 0 aliphatic rings. The molecule has 0 spiro atoms. The Labute approximate surface area is 91.1 Å². The molecule has 0 radical (unpaired) electrons. The van der Waals surface area contributed by atoms with Gasteiger partial charge in [0.2, 0.25) is 0 Å². The Morgan fingerprint density at radius 3 is 2.67 bits per heavy atom. The van der Waals surface area contributed by atoms with Gasteiger partial charge in [0.15, 0.2) is 0 Å². The van der Waals surface area contributed by atoms with Crippen molar-refractivity contribution in [1.82, 2.24) is 0 Å². The predicted molar refractivity (Wildman–Crippen MR) is 60.2 cm³/mol. The zero-order valence-electron chi connectivity index (χ0n) is 7.18. The molecule has 0 N–H and O–H groups in total. The first-order valence-corrected chi connectivity index (χ1v) is 6.07. The van der Waals surface area contributed by atoms with Crippen LogP contribution < -0.4 is 0 Å². The van der Waals surface area contributed by atoms with Gasteiger partial charge in [-0.25, -0.2) is 0 Å². The van der Waals surface area contributed by atoms with Gasteiger partial charge in [-0.15, -0.1) is 22.9 Å². The van der Waals surface area contributed by atoms with E-state index in [9.17, 15) is 0 Å². The van der Waals surface area contributed by atoms with Crippen LogP contribution in [-0.2, 0) is 6.42 Å². The second kappa shape index (κ2) is 4.64. The zero-order chi connectivity index (χ0) is 9.14. The average molecular weight is 268 g/mol. The normalized spacial score (nSPS) is 16.0. The van der Waals surface area contributed by atoms with Crippen molar-refractivity contribution in [2.24, 2.45) is 5.92 Å². The lowest BCUT2D eigenvalue weighted by Crippen LogP contribution is -2.09. The summed E-state index contributed by atoms with van der Waals surface area (Å²) in [4.78, 5) is 1.40. The quantitative estimate of drug-likeness (QED) is 0.716. The third-order valence-corrected chi connectivity index (χ3v) is 4.08. The SMILES string of the molecule is CC(Cl)C(C)Cc1cc(Br)cs1. The van der Waals surface area contributed by atoms with Crippen molar-refractivity contribution in [1.29, 1.82) is 0 Å². The third kappa shape index (κ3) is 3.08. The molecular weight excluding hydrogens is 256 g/mol. The van der Waals surface area contributed by atoms with Crippen molar-refractivity contribution in [3.8, 4) is 0 Å². The Balaban J connectivity index is 2.52. The first-order valence-electron chi connectivity index (χ1n) is 3.96. The molecule has 68 valence electrons. The van der Waals surface area contributed by atoms with Gasteiger partial charge < -0.3 is 0 Å².